The van der Waals surface area contributed by atoms with E-state index < -0.39 is 46.8 Å². The molecular weight excluding hydrogens is 477 g/mol. The number of piperidine rings is 1. The molecule has 0 spiro atoms. The normalized spacial score (nSPS) is 21.0. The van der Waals surface area contributed by atoms with Crippen molar-refractivity contribution in [1.82, 2.24) is 21.3 Å². The van der Waals surface area contributed by atoms with Crippen molar-refractivity contribution in [3.8, 4) is 0 Å². The number of carbonyl (C=O) groups is 4. The van der Waals surface area contributed by atoms with E-state index >= 15 is 0 Å². The predicted molar refractivity (Wildman–Crippen MR) is 131 cm³/mol. The lowest BCUT2D eigenvalue weighted by molar-refractivity contribution is -0.175. The van der Waals surface area contributed by atoms with E-state index in [1.807, 2.05) is 34.6 Å². The number of carbonyl (C=O) groups excluding carboxylic acids is 4. The van der Waals surface area contributed by atoms with E-state index in [9.17, 15) is 32.3 Å². The van der Waals surface area contributed by atoms with Crippen LogP contribution in [-0.4, -0.2) is 53.5 Å². The average molecular weight is 521 g/mol. The average Bonchev–Trinajstić information content (AvgIpc) is 2.64. The highest BCUT2D eigenvalue weighted by Gasteiger charge is 2.44. The van der Waals surface area contributed by atoms with Crippen molar-refractivity contribution < 1.29 is 32.3 Å². The third-order valence-corrected chi connectivity index (χ3v) is 6.09. The topological polar surface area (TPSA) is 116 Å². The quantitative estimate of drug-likeness (QED) is 0.393. The van der Waals surface area contributed by atoms with Gasteiger partial charge in [0.05, 0.1) is 0 Å². The first-order valence-corrected chi connectivity index (χ1v) is 12.3. The molecule has 0 bridgehead atoms. The fraction of sp³-hybridized carbons (Fsp3) is 0.840. The Balaban J connectivity index is 2.97. The molecule has 8 nitrogen and oxygen atoms in total. The number of alkyl halides is 3. The van der Waals surface area contributed by atoms with Gasteiger partial charge in [-0.15, -0.1) is 0 Å². The van der Waals surface area contributed by atoms with Crippen LogP contribution < -0.4 is 21.3 Å². The van der Waals surface area contributed by atoms with E-state index in [2.05, 4.69) is 16.0 Å². The van der Waals surface area contributed by atoms with Crippen LogP contribution in [0.15, 0.2) is 0 Å². The van der Waals surface area contributed by atoms with Crippen LogP contribution in [0.5, 0.6) is 0 Å². The Kier molecular flexibility index (Phi) is 10.0. The van der Waals surface area contributed by atoms with E-state index in [1.165, 1.54) is 20.8 Å². The Labute approximate surface area is 212 Å². The Morgan fingerprint density at radius 2 is 1.56 bits per heavy atom. The van der Waals surface area contributed by atoms with Crippen LogP contribution in [0.2, 0.25) is 0 Å². The zero-order valence-electron chi connectivity index (χ0n) is 22.9. The molecule has 0 aromatic carbocycles. The smallest absolute Gasteiger partial charge is 0.352 e. The molecule has 4 amide bonds. The Hall–Kier alpha value is -2.33. The van der Waals surface area contributed by atoms with Gasteiger partial charge in [-0.25, -0.2) is 0 Å². The third-order valence-electron chi connectivity index (χ3n) is 6.09. The van der Waals surface area contributed by atoms with Gasteiger partial charge in [0, 0.05) is 17.5 Å². The van der Waals surface area contributed by atoms with Crippen molar-refractivity contribution in [2.45, 2.75) is 118 Å². The number of hydrogen-bond donors (Lipinski definition) is 4. The highest BCUT2D eigenvalue weighted by atomic mass is 19.4. The van der Waals surface area contributed by atoms with E-state index in [1.54, 1.807) is 12.2 Å². The fourth-order valence-corrected chi connectivity index (χ4v) is 4.18. The maximum absolute atomic E-state index is 13.2. The Morgan fingerprint density at radius 3 is 2.00 bits per heavy atom. The summed E-state index contributed by atoms with van der Waals surface area (Å²) >= 11 is 0. The number of amides is 4. The molecule has 1 heterocycles. The molecule has 0 saturated carbocycles. The Bertz CT molecular complexity index is 829. The molecule has 0 radical (unpaired) electrons. The molecule has 208 valence electrons. The first-order chi connectivity index (χ1) is 16.0. The first-order valence-electron chi connectivity index (χ1n) is 12.3. The second-order valence-electron chi connectivity index (χ2n) is 12.9. The number of nitrogens with one attached hydrogen (secondary N) is 4. The van der Waals surface area contributed by atoms with Gasteiger partial charge in [0.2, 0.25) is 17.7 Å². The minimum absolute atomic E-state index is 0.0691. The fourth-order valence-electron chi connectivity index (χ4n) is 4.18. The number of halogens is 3. The molecular formula is C25H43F3N4O4. The van der Waals surface area contributed by atoms with E-state index in [-0.39, 0.29) is 29.8 Å². The molecule has 1 aliphatic heterocycles. The summed E-state index contributed by atoms with van der Waals surface area (Å²) in [6.45, 7) is 15.8. The molecule has 4 unspecified atom stereocenters. The summed E-state index contributed by atoms with van der Waals surface area (Å²) in [7, 11) is 0. The van der Waals surface area contributed by atoms with Gasteiger partial charge in [-0.05, 0) is 57.3 Å². The minimum Gasteiger partial charge on any atom is -0.352 e. The van der Waals surface area contributed by atoms with E-state index in [0.29, 0.717) is 12.8 Å². The van der Waals surface area contributed by atoms with Crippen molar-refractivity contribution in [2.75, 3.05) is 0 Å². The summed E-state index contributed by atoms with van der Waals surface area (Å²) in [5.74, 6) is -3.94. The van der Waals surface area contributed by atoms with Crippen LogP contribution in [0.4, 0.5) is 13.2 Å². The number of hydrogen-bond acceptors (Lipinski definition) is 4. The van der Waals surface area contributed by atoms with Gasteiger partial charge in [-0.3, -0.25) is 19.2 Å². The summed E-state index contributed by atoms with van der Waals surface area (Å²) in [6, 6.07) is -2.95. The minimum atomic E-state index is -5.15. The van der Waals surface area contributed by atoms with Crippen LogP contribution in [0.1, 0.15) is 88.0 Å². The van der Waals surface area contributed by atoms with Crippen molar-refractivity contribution >= 4 is 23.6 Å². The zero-order valence-corrected chi connectivity index (χ0v) is 22.9. The third kappa shape index (κ3) is 10.3. The summed E-state index contributed by atoms with van der Waals surface area (Å²) in [5, 5.41) is 10.1. The van der Waals surface area contributed by atoms with Gasteiger partial charge in [0.25, 0.3) is 0 Å². The largest absolute Gasteiger partial charge is 0.471 e. The summed E-state index contributed by atoms with van der Waals surface area (Å²) in [4.78, 5) is 50.2. The number of rotatable bonds is 8. The summed E-state index contributed by atoms with van der Waals surface area (Å²) in [6.07, 6.45) is -3.03. The van der Waals surface area contributed by atoms with Crippen molar-refractivity contribution in [1.29, 1.82) is 0 Å². The molecule has 0 aliphatic carbocycles. The first kappa shape index (κ1) is 31.7. The molecule has 1 saturated heterocycles. The van der Waals surface area contributed by atoms with Crippen LogP contribution in [0.3, 0.4) is 0 Å². The summed E-state index contributed by atoms with van der Waals surface area (Å²) in [5.41, 5.74) is -1.73. The van der Waals surface area contributed by atoms with Gasteiger partial charge in [0.1, 0.15) is 12.1 Å². The van der Waals surface area contributed by atoms with Crippen molar-refractivity contribution in [3.05, 3.63) is 0 Å². The van der Waals surface area contributed by atoms with Crippen LogP contribution in [0, 0.1) is 16.7 Å². The lowest BCUT2D eigenvalue weighted by atomic mass is 9.83. The molecule has 1 aliphatic rings. The SMILES string of the molecule is CC(CC1CCC(C)(C)NC1=O)NC(=O)C(CC(C)(C)C)NC(=O)C(NC(=O)C(F)(F)F)C(C)(C)C. The standard InChI is InChI=1S/C25H43F3N4O4/c1-14(12-15-10-11-24(8,9)32-18(15)33)29-19(34)16(13-22(2,3)4)30-20(35)17(23(5,6)7)31-21(36)25(26,27)28/h14-17H,10-13H2,1-9H3,(H,29,34)(H,30,35)(H,31,36)(H,32,33). The maximum atomic E-state index is 13.2. The maximum Gasteiger partial charge on any atom is 0.471 e. The molecule has 4 atom stereocenters. The van der Waals surface area contributed by atoms with Gasteiger partial charge in [-0.2, -0.15) is 13.2 Å². The van der Waals surface area contributed by atoms with Crippen LogP contribution >= 0.6 is 0 Å². The predicted octanol–water partition coefficient (Wildman–Crippen LogP) is 3.20. The van der Waals surface area contributed by atoms with E-state index in [4.69, 9.17) is 0 Å². The molecule has 1 rings (SSSR count). The monoisotopic (exact) mass is 520 g/mol. The molecule has 0 aromatic rings. The lowest BCUT2D eigenvalue weighted by Crippen LogP contribution is -2.60. The lowest BCUT2D eigenvalue weighted by Gasteiger charge is -2.36. The van der Waals surface area contributed by atoms with Crippen molar-refractivity contribution in [2.24, 2.45) is 16.7 Å². The molecule has 11 heteroatoms. The molecule has 36 heavy (non-hydrogen) atoms. The molecule has 1 fully saturated rings. The highest BCUT2D eigenvalue weighted by molar-refractivity contribution is 5.93. The second kappa shape index (κ2) is 11.4. The van der Waals surface area contributed by atoms with Crippen LogP contribution in [-0.2, 0) is 19.2 Å². The van der Waals surface area contributed by atoms with Gasteiger partial charge in [-0.1, -0.05) is 41.5 Å². The van der Waals surface area contributed by atoms with Crippen molar-refractivity contribution in [3.63, 3.8) is 0 Å². The Morgan fingerprint density at radius 1 is 1.00 bits per heavy atom. The van der Waals surface area contributed by atoms with Gasteiger partial charge >= 0.3 is 12.1 Å². The van der Waals surface area contributed by atoms with Crippen LogP contribution in [0.25, 0.3) is 0 Å². The molecule has 0 aromatic heterocycles. The zero-order chi connectivity index (χ0) is 28.3. The van der Waals surface area contributed by atoms with Gasteiger partial charge in [0.15, 0.2) is 0 Å². The highest BCUT2D eigenvalue weighted by Crippen LogP contribution is 2.27. The summed E-state index contributed by atoms with van der Waals surface area (Å²) < 4.78 is 38.5. The van der Waals surface area contributed by atoms with Gasteiger partial charge < -0.3 is 21.3 Å². The van der Waals surface area contributed by atoms with E-state index in [0.717, 1.165) is 6.42 Å². The molecule has 4 N–H and O–H groups in total. The second-order valence-corrected chi connectivity index (χ2v) is 12.9.